The van der Waals surface area contributed by atoms with Crippen LogP contribution in [0.25, 0.3) is 0 Å². The molecule has 2 rings (SSSR count). The van der Waals surface area contributed by atoms with Crippen LogP contribution in [0.1, 0.15) is 18.9 Å². The van der Waals surface area contributed by atoms with E-state index in [0.29, 0.717) is 13.1 Å². The molecule has 0 radical (unpaired) electrons. The molecule has 1 aromatic carbocycles. The van der Waals surface area contributed by atoms with Gasteiger partial charge in [-0.3, -0.25) is 0 Å². The molecule has 2 N–H and O–H groups in total. The number of nitrogens with zero attached hydrogens (tertiary/aromatic N) is 2. The number of nitrogens with two attached hydrogens (primary N) is 1. The van der Waals surface area contributed by atoms with Gasteiger partial charge in [0.2, 0.25) is 0 Å². The van der Waals surface area contributed by atoms with Gasteiger partial charge in [-0.2, -0.15) is 12.7 Å². The highest BCUT2D eigenvalue weighted by molar-refractivity contribution is 7.86. The fraction of sp³-hybridized carbons (Fsp3) is 0.500. The van der Waals surface area contributed by atoms with Crippen molar-refractivity contribution in [3.8, 4) is 0 Å². The first kappa shape index (κ1) is 13.3. The van der Waals surface area contributed by atoms with Crippen LogP contribution in [0.15, 0.2) is 24.3 Å². The molecule has 0 bridgehead atoms. The number of fused-ring (bicyclic) bond motifs is 1. The first-order valence-electron chi connectivity index (χ1n) is 6.02. The Kier molecular flexibility index (Phi) is 3.61. The number of rotatable bonds is 2. The van der Waals surface area contributed by atoms with Gasteiger partial charge < -0.3 is 4.90 Å². The van der Waals surface area contributed by atoms with E-state index in [9.17, 15) is 8.42 Å². The lowest BCUT2D eigenvalue weighted by molar-refractivity contribution is 0.315. The van der Waals surface area contributed by atoms with Crippen LogP contribution < -0.4 is 10.0 Å². The van der Waals surface area contributed by atoms with E-state index in [-0.39, 0.29) is 6.04 Å². The lowest BCUT2D eigenvalue weighted by atomic mass is 10.1. The Bertz CT molecular complexity index is 530. The van der Waals surface area contributed by atoms with E-state index < -0.39 is 10.2 Å². The Morgan fingerprint density at radius 3 is 2.67 bits per heavy atom. The molecule has 100 valence electrons. The van der Waals surface area contributed by atoms with Crippen molar-refractivity contribution < 1.29 is 8.42 Å². The molecular formula is C12H19N3O2S. The largest absolute Gasteiger partial charge is 0.373 e. The third-order valence-corrected chi connectivity index (χ3v) is 4.50. The SMILES string of the molecule is CC[C@H]1CN(C)c2ccccc2CN1S(N)(=O)=O. The highest BCUT2D eigenvalue weighted by Crippen LogP contribution is 2.27. The maximum Gasteiger partial charge on any atom is 0.277 e. The number of likely N-dealkylation sites (N-methyl/N-ethyl adjacent to an activating group) is 1. The number of anilines is 1. The summed E-state index contributed by atoms with van der Waals surface area (Å²) in [4.78, 5) is 2.09. The minimum Gasteiger partial charge on any atom is -0.373 e. The quantitative estimate of drug-likeness (QED) is 0.868. The smallest absolute Gasteiger partial charge is 0.277 e. The fourth-order valence-electron chi connectivity index (χ4n) is 2.45. The standard InChI is InChI=1S/C12H19N3O2S/c1-3-11-9-14(2)12-7-5-4-6-10(12)8-15(11)18(13,16)17/h4-7,11H,3,8-9H2,1-2H3,(H2,13,16,17)/t11-/m0/s1. The van der Waals surface area contributed by atoms with Crippen LogP contribution >= 0.6 is 0 Å². The number of hydrogen-bond donors (Lipinski definition) is 1. The Hall–Kier alpha value is -1.11. The highest BCUT2D eigenvalue weighted by atomic mass is 32.2. The minimum absolute atomic E-state index is 0.0857. The Morgan fingerprint density at radius 1 is 1.39 bits per heavy atom. The van der Waals surface area contributed by atoms with Crippen LogP contribution in [0.3, 0.4) is 0 Å². The monoisotopic (exact) mass is 269 g/mol. The van der Waals surface area contributed by atoms with E-state index >= 15 is 0 Å². The topological polar surface area (TPSA) is 66.6 Å². The lowest BCUT2D eigenvalue weighted by Gasteiger charge is -2.28. The van der Waals surface area contributed by atoms with Crippen molar-refractivity contribution in [2.75, 3.05) is 18.5 Å². The van der Waals surface area contributed by atoms with Crippen LogP contribution in [0.2, 0.25) is 0 Å². The fourth-order valence-corrected chi connectivity index (χ4v) is 3.40. The van der Waals surface area contributed by atoms with Crippen molar-refractivity contribution in [3.05, 3.63) is 29.8 Å². The van der Waals surface area contributed by atoms with Gasteiger partial charge in [-0.1, -0.05) is 25.1 Å². The van der Waals surface area contributed by atoms with Crippen molar-refractivity contribution in [1.82, 2.24) is 4.31 Å². The molecule has 0 spiro atoms. The second-order valence-electron chi connectivity index (χ2n) is 4.66. The van der Waals surface area contributed by atoms with Crippen LogP contribution in [0.5, 0.6) is 0 Å². The maximum absolute atomic E-state index is 11.7. The van der Waals surface area contributed by atoms with E-state index in [1.807, 2.05) is 38.2 Å². The maximum atomic E-state index is 11.7. The van der Waals surface area contributed by atoms with E-state index in [1.54, 1.807) is 0 Å². The lowest BCUT2D eigenvalue weighted by Crippen LogP contribution is -2.46. The van der Waals surface area contributed by atoms with Crippen molar-refractivity contribution in [1.29, 1.82) is 0 Å². The molecule has 0 unspecified atom stereocenters. The Balaban J connectivity index is 2.46. The molecule has 1 aromatic rings. The van der Waals surface area contributed by atoms with Gasteiger partial charge in [-0.05, 0) is 18.1 Å². The summed E-state index contributed by atoms with van der Waals surface area (Å²) in [7, 11) is -1.69. The number of benzene rings is 1. The van der Waals surface area contributed by atoms with E-state index in [4.69, 9.17) is 5.14 Å². The van der Waals surface area contributed by atoms with Crippen molar-refractivity contribution in [3.63, 3.8) is 0 Å². The molecule has 0 saturated heterocycles. The van der Waals surface area contributed by atoms with Gasteiger partial charge in [-0.25, -0.2) is 5.14 Å². The normalized spacial score (nSPS) is 21.5. The zero-order valence-electron chi connectivity index (χ0n) is 10.7. The van der Waals surface area contributed by atoms with Gasteiger partial charge in [0.05, 0.1) is 0 Å². The molecule has 0 amide bonds. The molecule has 0 aliphatic carbocycles. The van der Waals surface area contributed by atoms with Crippen molar-refractivity contribution >= 4 is 15.9 Å². The molecule has 5 nitrogen and oxygen atoms in total. The summed E-state index contributed by atoms with van der Waals surface area (Å²) in [5, 5.41) is 5.33. The van der Waals surface area contributed by atoms with E-state index in [0.717, 1.165) is 17.7 Å². The van der Waals surface area contributed by atoms with Crippen molar-refractivity contribution in [2.45, 2.75) is 25.9 Å². The van der Waals surface area contributed by atoms with Gasteiger partial charge in [0.1, 0.15) is 0 Å². The van der Waals surface area contributed by atoms with Crippen LogP contribution in [0, 0.1) is 0 Å². The highest BCUT2D eigenvalue weighted by Gasteiger charge is 2.31. The van der Waals surface area contributed by atoms with Gasteiger partial charge >= 0.3 is 0 Å². The average Bonchev–Trinajstić information content (AvgIpc) is 2.46. The predicted molar refractivity (Wildman–Crippen MR) is 72.4 cm³/mol. The zero-order valence-corrected chi connectivity index (χ0v) is 11.5. The van der Waals surface area contributed by atoms with Gasteiger partial charge in [-0.15, -0.1) is 0 Å². The number of hydrogen-bond acceptors (Lipinski definition) is 3. The molecule has 1 heterocycles. The summed E-state index contributed by atoms with van der Waals surface area (Å²) in [6.07, 6.45) is 0.745. The van der Waals surface area contributed by atoms with E-state index in [2.05, 4.69) is 4.90 Å². The molecule has 1 aliphatic rings. The molecule has 0 fully saturated rings. The van der Waals surface area contributed by atoms with Gasteiger partial charge in [0, 0.05) is 31.9 Å². The van der Waals surface area contributed by atoms with Crippen LogP contribution in [-0.2, 0) is 16.8 Å². The van der Waals surface area contributed by atoms with E-state index in [1.165, 1.54) is 4.31 Å². The third-order valence-electron chi connectivity index (χ3n) is 3.42. The first-order chi connectivity index (χ1) is 8.43. The summed E-state index contributed by atoms with van der Waals surface area (Å²) in [5.74, 6) is 0. The molecule has 1 aliphatic heterocycles. The second kappa shape index (κ2) is 4.87. The molecule has 6 heteroatoms. The summed E-state index contributed by atoms with van der Waals surface area (Å²) in [6.45, 7) is 2.98. The molecule has 0 saturated carbocycles. The Labute approximate surface area is 108 Å². The van der Waals surface area contributed by atoms with Crippen LogP contribution in [0.4, 0.5) is 5.69 Å². The summed E-state index contributed by atoms with van der Waals surface area (Å²) in [5.41, 5.74) is 2.06. The first-order valence-corrected chi connectivity index (χ1v) is 7.52. The molecular weight excluding hydrogens is 250 g/mol. The minimum atomic E-state index is -3.67. The average molecular weight is 269 g/mol. The summed E-state index contributed by atoms with van der Waals surface area (Å²) >= 11 is 0. The second-order valence-corrected chi connectivity index (χ2v) is 6.16. The molecule has 1 atom stereocenters. The zero-order chi connectivity index (χ0) is 13.3. The molecule has 18 heavy (non-hydrogen) atoms. The third kappa shape index (κ3) is 2.50. The molecule has 0 aromatic heterocycles. The van der Waals surface area contributed by atoms with Gasteiger partial charge in [0.15, 0.2) is 0 Å². The van der Waals surface area contributed by atoms with Crippen LogP contribution in [-0.4, -0.2) is 32.4 Å². The van der Waals surface area contributed by atoms with Gasteiger partial charge in [0.25, 0.3) is 10.2 Å². The number of para-hydroxylation sites is 1. The summed E-state index contributed by atoms with van der Waals surface area (Å²) in [6, 6.07) is 7.75. The summed E-state index contributed by atoms with van der Waals surface area (Å²) < 4.78 is 24.8. The Morgan fingerprint density at radius 2 is 2.06 bits per heavy atom. The predicted octanol–water partition coefficient (Wildman–Crippen LogP) is 0.921. The van der Waals surface area contributed by atoms with Crippen molar-refractivity contribution in [2.24, 2.45) is 5.14 Å².